The molecule has 0 spiro atoms. The maximum Gasteiger partial charge on any atom is 0.337 e. The van der Waals surface area contributed by atoms with Crippen molar-refractivity contribution in [3.8, 4) is 11.3 Å². The summed E-state index contributed by atoms with van der Waals surface area (Å²) in [4.78, 5) is 31.9. The highest BCUT2D eigenvalue weighted by Gasteiger charge is 2.42. The Labute approximate surface area is 273 Å². The van der Waals surface area contributed by atoms with Gasteiger partial charge in [-0.2, -0.15) is 0 Å². The van der Waals surface area contributed by atoms with Crippen molar-refractivity contribution in [3.63, 3.8) is 0 Å². The van der Waals surface area contributed by atoms with E-state index in [9.17, 15) is 9.59 Å². The molecule has 242 valence electrons. The van der Waals surface area contributed by atoms with Gasteiger partial charge in [0.1, 0.15) is 0 Å². The molecule has 1 aliphatic carbocycles. The van der Waals surface area contributed by atoms with Gasteiger partial charge in [0.25, 0.3) is 0 Å². The predicted octanol–water partition coefficient (Wildman–Crippen LogP) is 7.85. The molecule has 2 bridgehead atoms. The van der Waals surface area contributed by atoms with Gasteiger partial charge < -0.3 is 19.9 Å². The van der Waals surface area contributed by atoms with E-state index in [1.807, 2.05) is 24.3 Å². The number of H-pyrrole nitrogens is 1. The van der Waals surface area contributed by atoms with Crippen LogP contribution in [0.5, 0.6) is 0 Å². The molecule has 0 radical (unpaired) electrons. The number of hydrogen-bond donors (Lipinski definition) is 2. The number of aromatic nitrogens is 1. The second-order valence-electron chi connectivity index (χ2n) is 14.4. The molecular formula is C40H49N3O3. The van der Waals surface area contributed by atoms with Gasteiger partial charge in [0.2, 0.25) is 5.91 Å². The second-order valence-corrected chi connectivity index (χ2v) is 14.4. The number of ether oxygens (including phenoxy) is 1. The lowest BCUT2D eigenvalue weighted by Crippen LogP contribution is -2.55. The van der Waals surface area contributed by atoms with E-state index < -0.39 is 5.41 Å². The van der Waals surface area contributed by atoms with Crippen LogP contribution in [-0.2, 0) is 21.4 Å². The van der Waals surface area contributed by atoms with E-state index in [-0.39, 0.29) is 17.8 Å². The number of aryl methyl sites for hydroxylation is 2. The van der Waals surface area contributed by atoms with Crippen molar-refractivity contribution in [2.75, 3.05) is 26.7 Å². The van der Waals surface area contributed by atoms with E-state index in [4.69, 9.17) is 4.74 Å². The third-order valence-electron chi connectivity index (χ3n) is 10.5. The summed E-state index contributed by atoms with van der Waals surface area (Å²) in [5, 5.41) is 4.89. The van der Waals surface area contributed by atoms with Crippen molar-refractivity contribution >= 4 is 22.8 Å². The minimum atomic E-state index is -0.606. The van der Waals surface area contributed by atoms with Gasteiger partial charge in [-0.15, -0.1) is 0 Å². The summed E-state index contributed by atoms with van der Waals surface area (Å²) in [6.07, 6.45) is 5.70. The molecule has 0 unspecified atom stereocenters. The maximum atomic E-state index is 14.1. The number of methoxy groups -OCH3 is 1. The third-order valence-corrected chi connectivity index (χ3v) is 10.5. The van der Waals surface area contributed by atoms with Gasteiger partial charge in [-0.3, -0.25) is 4.79 Å². The van der Waals surface area contributed by atoms with Crippen LogP contribution in [-0.4, -0.2) is 54.5 Å². The molecule has 3 aromatic carbocycles. The normalized spacial score (nSPS) is 18.6. The second kappa shape index (κ2) is 13.1. The van der Waals surface area contributed by atoms with Crippen LogP contribution in [0, 0.1) is 19.8 Å². The summed E-state index contributed by atoms with van der Waals surface area (Å²) >= 11 is 0. The zero-order valence-corrected chi connectivity index (χ0v) is 28.3. The molecule has 1 atom stereocenters. The van der Waals surface area contributed by atoms with Crippen molar-refractivity contribution < 1.29 is 14.3 Å². The average molecular weight is 620 g/mol. The topological polar surface area (TPSA) is 74.4 Å². The zero-order valence-electron chi connectivity index (χ0n) is 28.3. The summed E-state index contributed by atoms with van der Waals surface area (Å²) < 4.78 is 4.82. The number of hydrogen-bond acceptors (Lipinski definition) is 4. The number of benzene rings is 3. The van der Waals surface area contributed by atoms with Crippen LogP contribution in [0.1, 0.15) is 90.5 Å². The number of nitrogens with one attached hydrogen (secondary N) is 2. The van der Waals surface area contributed by atoms with Gasteiger partial charge in [0.05, 0.1) is 23.8 Å². The first-order valence-electron chi connectivity index (χ1n) is 17.0. The number of rotatable bonds is 10. The van der Waals surface area contributed by atoms with Gasteiger partial charge in [0.15, 0.2) is 0 Å². The Bertz CT molecular complexity index is 1710. The third kappa shape index (κ3) is 6.37. The van der Waals surface area contributed by atoms with Crippen molar-refractivity contribution in [1.29, 1.82) is 0 Å². The Morgan fingerprint density at radius 1 is 0.978 bits per heavy atom. The molecule has 4 aromatic rings. The van der Waals surface area contributed by atoms with Crippen molar-refractivity contribution in [1.82, 2.24) is 15.2 Å². The fraction of sp³-hybridized carbons (Fsp3) is 0.450. The highest BCUT2D eigenvalue weighted by molar-refractivity contribution is 5.95. The molecule has 1 saturated carbocycles. The fourth-order valence-corrected chi connectivity index (χ4v) is 7.84. The Morgan fingerprint density at radius 2 is 1.67 bits per heavy atom. The Balaban J connectivity index is 1.27. The molecule has 46 heavy (non-hydrogen) atoms. The van der Waals surface area contributed by atoms with E-state index >= 15 is 0 Å². The highest BCUT2D eigenvalue weighted by Crippen LogP contribution is 2.41. The molecule has 3 fully saturated rings. The quantitative estimate of drug-likeness (QED) is 0.140. The van der Waals surface area contributed by atoms with Crippen LogP contribution in [0.25, 0.3) is 22.2 Å². The number of amides is 1. The zero-order chi connectivity index (χ0) is 32.6. The first-order valence-corrected chi connectivity index (χ1v) is 17.0. The number of piperidine rings is 2. The van der Waals surface area contributed by atoms with Crippen LogP contribution in [0.4, 0.5) is 0 Å². The largest absolute Gasteiger partial charge is 0.465 e. The Kier molecular flexibility index (Phi) is 9.11. The minimum Gasteiger partial charge on any atom is -0.465 e. The van der Waals surface area contributed by atoms with Crippen molar-refractivity contribution in [2.45, 2.75) is 84.1 Å². The number of carbonyl (C=O) groups is 2. The molecule has 6 heteroatoms. The number of nitrogens with zero attached hydrogens (tertiary/aromatic N) is 1. The van der Waals surface area contributed by atoms with E-state index in [0.29, 0.717) is 17.5 Å². The molecule has 2 aliphatic heterocycles. The highest BCUT2D eigenvalue weighted by atomic mass is 16.5. The lowest BCUT2D eigenvalue weighted by atomic mass is 9.76. The first kappa shape index (κ1) is 32.1. The maximum absolute atomic E-state index is 14.1. The Morgan fingerprint density at radius 3 is 2.30 bits per heavy atom. The standard InChI is InChI=1S/C40H49N3O3/c1-25-19-26(2)21-31(20-25)37-36(27(3)23-41-18-17-28-7-11-30(12-8-28)38(44)46-6)34-22-32(13-16-35(34)42-37)40(4,5)39(45)43-24-29-9-14-33(43)15-10-29/h7-8,11-13,16,19-22,27,29,33,41-42H,9-10,14-15,17-18,23-24H2,1-6H3/t27-,29?,33?/m0/s1. The van der Waals surface area contributed by atoms with Crippen LogP contribution >= 0.6 is 0 Å². The van der Waals surface area contributed by atoms with E-state index in [1.165, 1.54) is 53.2 Å². The predicted molar refractivity (Wildman–Crippen MR) is 186 cm³/mol. The van der Waals surface area contributed by atoms with E-state index in [0.717, 1.165) is 55.7 Å². The monoisotopic (exact) mass is 619 g/mol. The number of fused-ring (bicyclic) bond motifs is 4. The average Bonchev–Trinajstić information content (AvgIpc) is 3.45. The lowest BCUT2D eigenvalue weighted by Gasteiger charge is -2.47. The molecule has 7 rings (SSSR count). The van der Waals surface area contributed by atoms with Crippen LogP contribution in [0.15, 0.2) is 60.7 Å². The van der Waals surface area contributed by atoms with Gasteiger partial charge in [-0.05, 0) is 137 Å². The van der Waals surface area contributed by atoms with Crippen LogP contribution in [0.2, 0.25) is 0 Å². The van der Waals surface area contributed by atoms with Gasteiger partial charge in [0, 0.05) is 30.0 Å². The molecule has 1 aromatic heterocycles. The molecule has 1 amide bonds. The summed E-state index contributed by atoms with van der Waals surface area (Å²) in [5.41, 5.74) is 9.45. The molecule has 2 N–H and O–H groups in total. The molecule has 2 saturated heterocycles. The van der Waals surface area contributed by atoms with Crippen LogP contribution in [0.3, 0.4) is 0 Å². The molecule has 3 aliphatic rings. The number of carbonyl (C=O) groups excluding carboxylic acids is 2. The minimum absolute atomic E-state index is 0.221. The summed E-state index contributed by atoms with van der Waals surface area (Å²) in [6.45, 7) is 13.4. The van der Waals surface area contributed by atoms with Gasteiger partial charge in [-0.1, -0.05) is 42.3 Å². The van der Waals surface area contributed by atoms with E-state index in [2.05, 4.69) is 86.2 Å². The van der Waals surface area contributed by atoms with Gasteiger partial charge in [-0.25, -0.2) is 4.79 Å². The summed E-state index contributed by atoms with van der Waals surface area (Å²) in [5.74, 6) is 0.836. The number of esters is 1. The Hall–Kier alpha value is -3.90. The SMILES string of the molecule is COC(=O)c1ccc(CCNC[C@H](C)c2c(-c3cc(C)cc(C)c3)[nH]c3ccc(C(C)(C)C(=O)N4CC5CCC4CC5)cc23)cc1. The van der Waals surface area contributed by atoms with E-state index in [1.54, 1.807) is 0 Å². The van der Waals surface area contributed by atoms with Crippen molar-refractivity contribution in [3.05, 3.63) is 94.0 Å². The summed E-state index contributed by atoms with van der Waals surface area (Å²) in [7, 11) is 1.40. The molecule has 6 nitrogen and oxygen atoms in total. The van der Waals surface area contributed by atoms with Crippen LogP contribution < -0.4 is 5.32 Å². The van der Waals surface area contributed by atoms with Gasteiger partial charge >= 0.3 is 5.97 Å². The smallest absolute Gasteiger partial charge is 0.337 e. The molecule has 3 heterocycles. The fourth-order valence-electron chi connectivity index (χ4n) is 7.84. The number of aromatic amines is 1. The first-order chi connectivity index (χ1) is 22.0. The lowest BCUT2D eigenvalue weighted by molar-refractivity contribution is -0.144. The molecular weight excluding hydrogens is 570 g/mol. The van der Waals surface area contributed by atoms with Crippen molar-refractivity contribution in [2.24, 2.45) is 5.92 Å². The summed E-state index contributed by atoms with van der Waals surface area (Å²) in [6, 6.07) is 21.4.